The van der Waals surface area contributed by atoms with Gasteiger partial charge in [-0.15, -0.1) is 0 Å². The van der Waals surface area contributed by atoms with Crippen LogP contribution < -0.4 is 14.8 Å². The zero-order valence-electron chi connectivity index (χ0n) is 17.5. The smallest absolute Gasteiger partial charge is 0.475 e. The average Bonchev–Trinajstić information content (AvgIpc) is 2.76. The van der Waals surface area contributed by atoms with Crippen LogP contribution in [0.3, 0.4) is 0 Å². The Morgan fingerprint density at radius 1 is 1.03 bits per heavy atom. The molecule has 0 saturated heterocycles. The molecule has 0 aliphatic carbocycles. The van der Waals surface area contributed by atoms with Gasteiger partial charge in [0.1, 0.15) is 11.5 Å². The molecule has 2 aromatic carbocycles. The lowest BCUT2D eigenvalue weighted by Crippen LogP contribution is -2.48. The van der Waals surface area contributed by atoms with E-state index in [9.17, 15) is 32.8 Å². The minimum Gasteiger partial charge on any atom is -0.497 e. The molecule has 0 saturated carbocycles. The first-order valence-electron chi connectivity index (χ1n) is 9.62. The first kappa shape index (κ1) is 25.2. The highest BCUT2D eigenvalue weighted by Crippen LogP contribution is 2.36. The summed E-state index contributed by atoms with van der Waals surface area (Å²) < 4.78 is 49.3. The minimum atomic E-state index is -4.67. The molecule has 0 aromatic heterocycles. The second-order valence-electron chi connectivity index (χ2n) is 6.98. The van der Waals surface area contributed by atoms with Crippen LogP contribution in [0.15, 0.2) is 42.5 Å². The lowest BCUT2D eigenvalue weighted by molar-refractivity contribution is -0.138. The largest absolute Gasteiger partial charge is 0.497 e. The molecule has 0 fully saturated rings. The number of methoxy groups -OCH3 is 2. The van der Waals surface area contributed by atoms with E-state index in [0.717, 1.165) is 19.2 Å². The summed E-state index contributed by atoms with van der Waals surface area (Å²) in [6, 6.07) is 9.61. The van der Waals surface area contributed by atoms with E-state index < -0.39 is 30.7 Å². The zero-order valence-corrected chi connectivity index (χ0v) is 17.5. The van der Waals surface area contributed by atoms with Crippen molar-refractivity contribution in [1.82, 2.24) is 5.32 Å². The van der Waals surface area contributed by atoms with Crippen LogP contribution in [0, 0.1) is 0 Å². The van der Waals surface area contributed by atoms with Gasteiger partial charge in [0.25, 0.3) is 0 Å². The Morgan fingerprint density at radius 3 is 2.22 bits per heavy atom. The summed E-state index contributed by atoms with van der Waals surface area (Å²) in [6.07, 6.45) is -5.31. The van der Waals surface area contributed by atoms with E-state index in [0.29, 0.717) is 11.3 Å². The molecule has 3 N–H and O–H groups in total. The minimum absolute atomic E-state index is 0.117. The van der Waals surface area contributed by atoms with E-state index in [1.54, 1.807) is 24.3 Å². The molecule has 1 atom stereocenters. The van der Waals surface area contributed by atoms with E-state index in [-0.39, 0.29) is 36.4 Å². The van der Waals surface area contributed by atoms with Gasteiger partial charge in [-0.1, -0.05) is 6.07 Å². The molecule has 11 heteroatoms. The molecule has 0 aliphatic heterocycles. The maximum Gasteiger partial charge on any atom is 0.475 e. The molecule has 0 unspecified atom stereocenters. The van der Waals surface area contributed by atoms with E-state index in [4.69, 9.17) is 9.47 Å². The Bertz CT molecular complexity index is 934. The number of ether oxygens (including phenoxy) is 2. The van der Waals surface area contributed by atoms with Crippen LogP contribution in [0.4, 0.5) is 13.2 Å². The zero-order chi connectivity index (χ0) is 23.9. The molecule has 172 valence electrons. The molecule has 2 rings (SSSR count). The van der Waals surface area contributed by atoms with Gasteiger partial charge in [0, 0.05) is 18.4 Å². The normalized spacial score (nSPS) is 12.1. The summed E-state index contributed by atoms with van der Waals surface area (Å²) in [5.74, 6) is -2.01. The lowest BCUT2D eigenvalue weighted by atomic mass is 9.75. The molecule has 0 heterocycles. The van der Waals surface area contributed by atoms with Gasteiger partial charge in [0.2, 0.25) is 5.91 Å². The van der Waals surface area contributed by atoms with Crippen LogP contribution in [0.2, 0.25) is 0 Å². The van der Waals surface area contributed by atoms with Crippen LogP contribution in [0.5, 0.6) is 11.5 Å². The predicted octanol–water partition coefficient (Wildman–Crippen LogP) is 2.43. The molecule has 0 spiro atoms. The van der Waals surface area contributed by atoms with Gasteiger partial charge in [0.05, 0.1) is 25.7 Å². The van der Waals surface area contributed by atoms with Crippen LogP contribution in [0.25, 0.3) is 0 Å². The van der Waals surface area contributed by atoms with Gasteiger partial charge in [-0.2, -0.15) is 13.2 Å². The fraction of sp³-hybridized carbons (Fsp3) is 0.333. The fourth-order valence-electron chi connectivity index (χ4n) is 3.02. The van der Waals surface area contributed by atoms with Crippen molar-refractivity contribution in [3.05, 3.63) is 59.2 Å². The van der Waals surface area contributed by atoms with Gasteiger partial charge >= 0.3 is 13.3 Å². The van der Waals surface area contributed by atoms with Crippen LogP contribution >= 0.6 is 0 Å². The average molecular weight is 453 g/mol. The highest BCUT2D eigenvalue weighted by molar-refractivity contribution is 6.43. The predicted molar refractivity (Wildman–Crippen MR) is 110 cm³/mol. The third-order valence-corrected chi connectivity index (χ3v) is 4.72. The number of alkyl halides is 3. The van der Waals surface area contributed by atoms with Crippen LogP contribution in [0.1, 0.15) is 34.3 Å². The summed E-state index contributed by atoms with van der Waals surface area (Å²) in [5, 5.41) is 21.5. The Morgan fingerprint density at radius 2 is 1.69 bits per heavy atom. The molecule has 0 bridgehead atoms. The summed E-state index contributed by atoms with van der Waals surface area (Å²) in [5.41, 5.74) is -0.513. The third kappa shape index (κ3) is 6.99. The molecule has 32 heavy (non-hydrogen) atoms. The van der Waals surface area contributed by atoms with Gasteiger partial charge in [-0.3, -0.25) is 9.59 Å². The molecule has 7 nitrogen and oxygen atoms in total. The highest BCUT2D eigenvalue weighted by atomic mass is 19.4. The number of halogens is 3. The van der Waals surface area contributed by atoms with Gasteiger partial charge in [0.15, 0.2) is 5.78 Å². The Balaban J connectivity index is 2.01. The number of hydrogen-bond donors (Lipinski definition) is 3. The van der Waals surface area contributed by atoms with Crippen molar-refractivity contribution in [2.75, 3.05) is 14.2 Å². The van der Waals surface area contributed by atoms with Crippen molar-refractivity contribution < 1.29 is 42.3 Å². The third-order valence-electron chi connectivity index (χ3n) is 4.72. The quantitative estimate of drug-likeness (QED) is 0.377. The van der Waals surface area contributed by atoms with E-state index in [2.05, 4.69) is 5.32 Å². The molecule has 0 aliphatic rings. The number of Topliss-reactive ketones (excluding diaryl/α,β-unsaturated/α-hetero) is 1. The van der Waals surface area contributed by atoms with Crippen molar-refractivity contribution in [1.29, 1.82) is 0 Å². The Kier molecular flexibility index (Phi) is 8.67. The number of nitrogens with one attached hydrogen (secondary N) is 1. The van der Waals surface area contributed by atoms with Crippen LogP contribution in [-0.2, 0) is 17.4 Å². The first-order valence-corrected chi connectivity index (χ1v) is 9.62. The van der Waals surface area contributed by atoms with Gasteiger partial charge in [-0.05, 0) is 48.4 Å². The molecule has 1 amide bonds. The lowest BCUT2D eigenvalue weighted by Gasteiger charge is -2.19. The van der Waals surface area contributed by atoms with E-state index in [1.807, 2.05) is 0 Å². The van der Waals surface area contributed by atoms with Crippen LogP contribution in [-0.4, -0.2) is 49.0 Å². The molecule has 0 radical (unpaired) electrons. The number of hydrogen-bond acceptors (Lipinski definition) is 6. The fourth-order valence-corrected chi connectivity index (χ4v) is 3.02. The topological polar surface area (TPSA) is 105 Å². The molecular formula is C21H23BF3NO6. The second-order valence-corrected chi connectivity index (χ2v) is 6.98. The molecule has 2 aromatic rings. The maximum atomic E-state index is 13.2. The Hall–Kier alpha value is -3.05. The van der Waals surface area contributed by atoms with Crippen molar-refractivity contribution >= 4 is 18.8 Å². The summed E-state index contributed by atoms with van der Waals surface area (Å²) in [7, 11) is 0.578. The van der Waals surface area contributed by atoms with Gasteiger partial charge < -0.3 is 24.8 Å². The number of benzene rings is 2. The summed E-state index contributed by atoms with van der Waals surface area (Å²) in [6.45, 7) is 0. The van der Waals surface area contributed by atoms with Gasteiger partial charge in [-0.25, -0.2) is 0 Å². The highest BCUT2D eigenvalue weighted by Gasteiger charge is 2.35. The first-order chi connectivity index (χ1) is 15.0. The summed E-state index contributed by atoms with van der Waals surface area (Å²) in [4.78, 5) is 24.4. The SMILES string of the molecule is COc1ccc(C(=O)CCC(=O)N[C@@H](Cc2ccc(OC)c(C(F)(F)F)c2)B(O)O)cc1. The number of carbonyl (C=O) groups excluding carboxylic acids is 2. The summed E-state index contributed by atoms with van der Waals surface area (Å²) >= 11 is 0. The Labute approximate surface area is 183 Å². The monoisotopic (exact) mass is 453 g/mol. The number of carbonyl (C=O) groups is 2. The van der Waals surface area contributed by atoms with Crippen molar-refractivity contribution in [2.45, 2.75) is 31.4 Å². The number of ketones is 1. The van der Waals surface area contributed by atoms with E-state index in [1.165, 1.54) is 13.2 Å². The van der Waals surface area contributed by atoms with Crippen molar-refractivity contribution in [2.24, 2.45) is 0 Å². The maximum absolute atomic E-state index is 13.2. The number of rotatable bonds is 10. The van der Waals surface area contributed by atoms with E-state index >= 15 is 0 Å². The standard InChI is InChI=1S/C21H23BF3NO6/c1-31-15-6-4-14(5-7-15)17(27)8-10-20(28)26-19(22(29)30)12-13-3-9-18(32-2)16(11-13)21(23,24)25/h3-7,9,11,19,29-30H,8,10,12H2,1-2H3,(H,26,28)/t19-/m0/s1. The second kappa shape index (κ2) is 11.0. The number of amides is 1. The molecular weight excluding hydrogens is 430 g/mol. The van der Waals surface area contributed by atoms with Crippen molar-refractivity contribution in [3.63, 3.8) is 0 Å². The van der Waals surface area contributed by atoms with Crippen molar-refractivity contribution in [3.8, 4) is 11.5 Å².